The Hall–Kier alpha value is -6.91. The minimum Gasteiger partial charge on any atom is -0.394 e. The molecule has 5 aliphatic rings. The second-order valence-electron chi connectivity index (χ2n) is 24.3. The van der Waals surface area contributed by atoms with Gasteiger partial charge in [-0.25, -0.2) is 29.3 Å². The second kappa shape index (κ2) is 29.2. The summed E-state index contributed by atoms with van der Waals surface area (Å²) in [6.07, 6.45) is -13.2. The number of imidazole rings is 4. The maximum Gasteiger partial charge on any atom is 0.386 e. The van der Waals surface area contributed by atoms with Crippen LogP contribution >= 0.6 is 39.2 Å². The lowest BCUT2D eigenvalue weighted by Crippen LogP contribution is -2.33. The van der Waals surface area contributed by atoms with Gasteiger partial charge in [0.15, 0.2) is 44.7 Å². The fourth-order valence-corrected chi connectivity index (χ4v) is 18.4. The predicted molar refractivity (Wildman–Crippen MR) is 371 cm³/mol. The van der Waals surface area contributed by atoms with Crippen molar-refractivity contribution in [3.8, 4) is 0 Å². The number of nitrogens with zero attached hydrogens (tertiary/aromatic N) is 13. The Bertz CT molecular complexity index is 5440. The van der Waals surface area contributed by atoms with Crippen LogP contribution < -0.4 is 56.4 Å². The average molecular weight is 1620 g/mol. The minimum atomic E-state index is -4.74. The third-order valence-electron chi connectivity index (χ3n) is 17.3. The van der Waals surface area contributed by atoms with Crippen LogP contribution in [0.15, 0.2) is 60.3 Å². The highest BCUT2D eigenvalue weighted by Crippen LogP contribution is 2.59. The monoisotopic (exact) mass is 1620 g/mol. The summed E-state index contributed by atoms with van der Waals surface area (Å²) in [4.78, 5) is 156. The molecule has 19 atom stereocenters. The van der Waals surface area contributed by atoms with Gasteiger partial charge in [0, 0.05) is 43.9 Å². The molecule has 9 aromatic rings. The van der Waals surface area contributed by atoms with E-state index < -0.39 is 186 Å². The summed E-state index contributed by atoms with van der Waals surface area (Å²) in [5, 5.41) is 21.3. The molecule has 0 saturated carbocycles. The second-order valence-corrected chi connectivity index (χ2v) is 35.5. The Labute approximate surface area is 603 Å². The van der Waals surface area contributed by atoms with Crippen LogP contribution in [0.2, 0.25) is 0 Å². The molecular formula is C50H62N22O25P4S4. The third kappa shape index (κ3) is 15.9. The van der Waals surface area contributed by atoms with Crippen LogP contribution in [-0.4, -0.2) is 207 Å². The number of nitrogen functional groups attached to an aromatic ring is 4. The molecule has 0 amide bonds. The van der Waals surface area contributed by atoms with Gasteiger partial charge >= 0.3 is 32.6 Å². The molecule has 0 aliphatic carbocycles. The van der Waals surface area contributed by atoms with E-state index in [1.54, 1.807) is 0 Å². The molecule has 14 heterocycles. The largest absolute Gasteiger partial charge is 0.394 e. The van der Waals surface area contributed by atoms with Crippen molar-refractivity contribution in [3.05, 3.63) is 99.3 Å². The summed E-state index contributed by atoms with van der Waals surface area (Å²) in [5.41, 5.74) is 19.0. The number of H-pyrrole nitrogens is 5. The van der Waals surface area contributed by atoms with Gasteiger partial charge in [0.25, 0.3) is 27.8 Å². The van der Waals surface area contributed by atoms with Crippen LogP contribution in [0.25, 0.3) is 44.7 Å². The molecule has 566 valence electrons. The van der Waals surface area contributed by atoms with Crippen molar-refractivity contribution in [1.29, 1.82) is 0 Å². The number of thiol groups is 1. The number of anilines is 4. The van der Waals surface area contributed by atoms with Gasteiger partial charge in [-0.05, 0) is 42.3 Å². The molecule has 5 aliphatic heterocycles. The summed E-state index contributed by atoms with van der Waals surface area (Å²) < 4.78 is 100.0. The molecule has 105 heavy (non-hydrogen) atoms. The van der Waals surface area contributed by atoms with Crippen LogP contribution in [-0.2, 0) is 99.9 Å². The van der Waals surface area contributed by atoms with E-state index >= 15 is 0 Å². The lowest BCUT2D eigenvalue weighted by atomic mass is 10.2. The van der Waals surface area contributed by atoms with Gasteiger partial charge in [0.1, 0.15) is 67.8 Å². The van der Waals surface area contributed by atoms with Gasteiger partial charge in [0.2, 0.25) is 23.8 Å². The Kier molecular flexibility index (Phi) is 20.9. The summed E-state index contributed by atoms with van der Waals surface area (Å²) in [7, 11) is 0. The standard InChI is InChI=1S/C50H62N22O25P4S4/c1-17-7-68(50(80)67-41(17)75)28-2-18(74)24(90-28)9-85-98(81,102)95-20-4-30(70-14-56-34-38(70)60-47(52)64-43(34)77)92-26(20)11-87-100(83,104)97-22-6-32(72-16-58-36-40(72)62-49(54)66-45(36)79)93-27(22)12-88-101(84,105)96-21-5-31(71-15-57-35-39(71)61-48(53)65-44(35)78)91-25(21)10-86-99(82,103)94-19-3-29(89-23(19)8-73)69-13-55-33-37(69)59-46(51)63-42(33)76/h7,13-16,18-32,73-74H,2-6,8-12H2,1H3,(H,81,102)(H,82,103)(H,83,104)(H,84,105)(H,67,75,80)(H3,51,59,63,76)(H3,52,60,64,77)(H3,53,61,65,78)(H3,54,62,66,79). The van der Waals surface area contributed by atoms with Crippen LogP contribution in [0.4, 0.5) is 23.8 Å². The van der Waals surface area contributed by atoms with Crippen molar-refractivity contribution in [2.24, 2.45) is 0 Å². The molecule has 0 spiro atoms. The number of aromatic amines is 5. The molecule has 9 aromatic heterocycles. The number of rotatable bonds is 26. The summed E-state index contributed by atoms with van der Waals surface area (Å²) >= 11 is 20.9. The van der Waals surface area contributed by atoms with E-state index in [1.807, 2.05) is 0 Å². The van der Waals surface area contributed by atoms with Crippen molar-refractivity contribution >= 4 is 143 Å². The van der Waals surface area contributed by atoms with E-state index in [0.29, 0.717) is 0 Å². The topological polar surface area (TPSA) is 651 Å². The Balaban J connectivity index is 0.683. The SMILES string of the molecule is Cc1cn(C2CC(O)C(COP(O)(=S)OC3CC(n4cnc5c(=O)[nH]c(N)nc54)OC3COP(=O)(S)OC3CC(n4cnc5c(=O)[nH]c(N)nc54)OC3COP(O)(=S)OC3CC(n4cnc5c(=O)[nH]c(N)nc54)OC3COP(O)(=S)OC3CC(n4cnc5c(=O)[nH]c(N)nc54)OC3CO)O2)c(=O)[nH]c1=O. The third-order valence-corrected chi connectivity index (χ3v) is 23.7. The molecule has 0 radical (unpaired) electrons. The van der Waals surface area contributed by atoms with Crippen LogP contribution in [0, 0.1) is 6.92 Å². The number of ether oxygens (including phenoxy) is 5. The number of hydrogen-bond donors (Lipinski definition) is 15. The van der Waals surface area contributed by atoms with Crippen molar-refractivity contribution in [3.63, 3.8) is 0 Å². The van der Waals surface area contributed by atoms with Crippen molar-refractivity contribution in [2.45, 2.75) is 131 Å². The number of nitrogens with one attached hydrogen (secondary N) is 5. The van der Waals surface area contributed by atoms with Gasteiger partial charge < -0.3 is 98.7 Å². The Morgan fingerprint density at radius 2 is 0.781 bits per heavy atom. The Morgan fingerprint density at radius 1 is 0.476 bits per heavy atom. The lowest BCUT2D eigenvalue weighted by molar-refractivity contribution is -0.0549. The quantitative estimate of drug-likeness (QED) is 0.0202. The molecule has 19 unspecified atom stereocenters. The van der Waals surface area contributed by atoms with Crippen LogP contribution in [0.3, 0.4) is 0 Å². The van der Waals surface area contributed by atoms with Gasteiger partial charge in [-0.3, -0.25) is 80.8 Å². The molecule has 0 aromatic carbocycles. The first-order valence-electron chi connectivity index (χ1n) is 31.1. The first-order valence-corrected chi connectivity index (χ1v) is 41.6. The highest BCUT2D eigenvalue weighted by molar-refractivity contribution is 8.44. The minimum absolute atomic E-state index is 0.0348. The number of aryl methyl sites for hydroxylation is 1. The number of aliphatic hydroxyl groups excluding tert-OH is 2. The summed E-state index contributed by atoms with van der Waals surface area (Å²) in [5.74, 6) is -1.05. The normalized spacial score (nSPS) is 28.8. The molecule has 5 saturated heterocycles. The summed E-state index contributed by atoms with van der Waals surface area (Å²) in [6, 6.07) is 0. The molecular weight excluding hydrogens is 1560 g/mol. The maximum absolute atomic E-state index is 14.8. The summed E-state index contributed by atoms with van der Waals surface area (Å²) in [6.45, 7) is -20.0. The number of aliphatic hydroxyl groups is 2. The zero-order valence-electron chi connectivity index (χ0n) is 53.6. The zero-order chi connectivity index (χ0) is 74.5. The van der Waals surface area contributed by atoms with E-state index in [-0.39, 0.29) is 106 Å². The molecule has 14 rings (SSSR count). The predicted octanol–water partition coefficient (Wildman–Crippen LogP) is -2.21. The molecule has 5 fully saturated rings. The van der Waals surface area contributed by atoms with Crippen LogP contribution in [0.5, 0.6) is 0 Å². The number of aromatic nitrogens is 18. The fourth-order valence-electron chi connectivity index (χ4n) is 12.5. The van der Waals surface area contributed by atoms with Crippen molar-refractivity contribution in [1.82, 2.24) is 87.6 Å². The van der Waals surface area contributed by atoms with E-state index in [4.69, 9.17) is 118 Å². The number of hydrogen-bond acceptors (Lipinski definition) is 37. The highest BCUT2D eigenvalue weighted by atomic mass is 32.7. The van der Waals surface area contributed by atoms with Crippen molar-refractivity contribution < 1.29 is 89.3 Å². The zero-order valence-corrected chi connectivity index (χ0v) is 60.5. The number of nitrogens with two attached hydrogens (primary N) is 4. The highest BCUT2D eigenvalue weighted by Gasteiger charge is 2.49. The lowest BCUT2D eigenvalue weighted by Gasteiger charge is -2.28. The number of fused-ring (bicyclic) bond motifs is 4. The Morgan fingerprint density at radius 3 is 1.14 bits per heavy atom. The molecule has 47 nitrogen and oxygen atoms in total. The van der Waals surface area contributed by atoms with E-state index in [1.165, 1.54) is 56.7 Å². The molecule has 55 heteroatoms. The van der Waals surface area contributed by atoms with E-state index in [2.05, 4.69) is 77.0 Å². The first kappa shape index (κ1) is 74.9. The fraction of sp³-hybridized carbons (Fsp3) is 0.520. The molecule has 0 bridgehead atoms. The average Bonchev–Trinajstić information content (AvgIpc) is 1.66. The van der Waals surface area contributed by atoms with Crippen molar-refractivity contribution in [2.75, 3.05) is 56.0 Å². The molecule has 18 N–H and O–H groups in total. The van der Waals surface area contributed by atoms with Gasteiger partial charge in [0.05, 0.1) is 82.8 Å². The van der Waals surface area contributed by atoms with E-state index in [0.717, 1.165) is 4.57 Å². The van der Waals surface area contributed by atoms with Gasteiger partial charge in [-0.2, -0.15) is 19.9 Å². The van der Waals surface area contributed by atoms with Gasteiger partial charge in [-0.1, -0.05) is 12.2 Å². The van der Waals surface area contributed by atoms with E-state index in [9.17, 15) is 58.2 Å². The maximum atomic E-state index is 14.8. The first-order chi connectivity index (χ1) is 49.7. The van der Waals surface area contributed by atoms with Crippen LogP contribution in [0.1, 0.15) is 68.8 Å². The van der Waals surface area contributed by atoms with Gasteiger partial charge in [-0.15, -0.1) is 0 Å². The smallest absolute Gasteiger partial charge is 0.386 e.